The van der Waals surface area contributed by atoms with Crippen LogP contribution in [0, 0.1) is 11.7 Å². The topological polar surface area (TPSA) is 58.6 Å². The van der Waals surface area contributed by atoms with E-state index >= 15 is 0 Å². The molecule has 2 heterocycles. The molecule has 4 rings (SSSR count). The van der Waals surface area contributed by atoms with E-state index < -0.39 is 6.04 Å². The minimum atomic E-state index is -0.447. The largest absolute Gasteiger partial charge is 0.457 e. The summed E-state index contributed by atoms with van der Waals surface area (Å²) >= 11 is 0. The number of carbonyl (C=O) groups is 2. The molecule has 0 aromatic heterocycles. The zero-order valence-corrected chi connectivity index (χ0v) is 18.0. The van der Waals surface area contributed by atoms with Gasteiger partial charge in [-0.3, -0.25) is 9.59 Å². The predicted octanol–water partition coefficient (Wildman–Crippen LogP) is 4.97. The van der Waals surface area contributed by atoms with Crippen LogP contribution in [0.5, 0.6) is 11.5 Å². The van der Waals surface area contributed by atoms with Gasteiger partial charge in [-0.1, -0.05) is 26.0 Å². The maximum absolute atomic E-state index is 13.3. The Hall–Kier alpha value is -2.89. The number of fused-ring (bicyclic) bond motifs is 1. The van der Waals surface area contributed by atoms with Crippen molar-refractivity contribution in [2.45, 2.75) is 64.1 Å². The molecule has 6 heteroatoms. The Balaban J connectivity index is 1.50. The second-order valence-electron chi connectivity index (χ2n) is 8.57. The first-order valence-corrected chi connectivity index (χ1v) is 11.1. The molecule has 1 unspecified atom stereocenters. The van der Waals surface area contributed by atoms with E-state index in [-0.39, 0.29) is 35.6 Å². The van der Waals surface area contributed by atoms with E-state index in [9.17, 15) is 14.0 Å². The Morgan fingerprint density at radius 2 is 1.87 bits per heavy atom. The molecule has 2 aliphatic heterocycles. The predicted molar refractivity (Wildman–Crippen MR) is 116 cm³/mol. The number of halogens is 1. The number of nitrogens with one attached hydrogen (secondary N) is 1. The third-order valence-corrected chi connectivity index (χ3v) is 6.51. The molecule has 2 amide bonds. The fraction of sp³-hybridized carbons (Fsp3) is 0.440. The summed E-state index contributed by atoms with van der Waals surface area (Å²) in [5.41, 5.74) is 1.02. The molecule has 5 nitrogen and oxygen atoms in total. The number of nitrogens with zero attached hydrogens (tertiary/aromatic N) is 1. The molecule has 164 valence electrons. The van der Waals surface area contributed by atoms with E-state index in [2.05, 4.69) is 5.32 Å². The Morgan fingerprint density at radius 3 is 2.61 bits per heavy atom. The smallest absolute Gasteiger partial charge is 0.245 e. The fourth-order valence-corrected chi connectivity index (χ4v) is 4.55. The molecule has 31 heavy (non-hydrogen) atoms. The van der Waals surface area contributed by atoms with Gasteiger partial charge >= 0.3 is 0 Å². The molecule has 2 aliphatic rings. The quantitative estimate of drug-likeness (QED) is 0.712. The van der Waals surface area contributed by atoms with Crippen molar-refractivity contribution in [2.24, 2.45) is 5.92 Å². The van der Waals surface area contributed by atoms with Crippen molar-refractivity contribution < 1.29 is 18.7 Å². The highest BCUT2D eigenvalue weighted by molar-refractivity contribution is 5.89. The standard InChI is InChI=1S/C25H29FN2O3/c1-3-16(2)24(29)27-22-13-9-19-10-14-23(28(19)25(22)30)17-5-4-6-21(15-17)31-20-11-7-18(26)8-12-20/h4-8,11-12,15-16,19,22-23H,3,9-10,13-14H2,1-2H3,(H,27,29)/t16?,19-,22-,23-/m0/s1. The summed E-state index contributed by atoms with van der Waals surface area (Å²) in [7, 11) is 0. The summed E-state index contributed by atoms with van der Waals surface area (Å²) in [4.78, 5) is 27.6. The van der Waals surface area contributed by atoms with Crippen LogP contribution in [0.3, 0.4) is 0 Å². The zero-order chi connectivity index (χ0) is 22.0. The molecule has 2 aromatic carbocycles. The van der Waals surface area contributed by atoms with Crippen LogP contribution >= 0.6 is 0 Å². The first kappa shape index (κ1) is 21.3. The van der Waals surface area contributed by atoms with Crippen molar-refractivity contribution in [1.29, 1.82) is 0 Å². The molecular weight excluding hydrogens is 395 g/mol. The van der Waals surface area contributed by atoms with E-state index in [1.165, 1.54) is 12.1 Å². The van der Waals surface area contributed by atoms with Gasteiger partial charge < -0.3 is 15.0 Å². The third-order valence-electron chi connectivity index (χ3n) is 6.51. The van der Waals surface area contributed by atoms with Gasteiger partial charge in [-0.25, -0.2) is 4.39 Å². The van der Waals surface area contributed by atoms with Gasteiger partial charge in [0.25, 0.3) is 0 Å². The molecule has 0 radical (unpaired) electrons. The number of hydrogen-bond donors (Lipinski definition) is 1. The van der Waals surface area contributed by atoms with Crippen molar-refractivity contribution in [3.63, 3.8) is 0 Å². The molecule has 0 saturated carbocycles. The van der Waals surface area contributed by atoms with Crippen LogP contribution in [0.25, 0.3) is 0 Å². The second-order valence-corrected chi connectivity index (χ2v) is 8.57. The van der Waals surface area contributed by atoms with Crippen LogP contribution in [-0.2, 0) is 9.59 Å². The van der Waals surface area contributed by atoms with Crippen LogP contribution in [0.1, 0.15) is 57.6 Å². The number of hydrogen-bond acceptors (Lipinski definition) is 3. The molecule has 2 fully saturated rings. The number of piperidine rings is 1. The minimum absolute atomic E-state index is 0.0141. The second kappa shape index (κ2) is 9.08. The first-order chi connectivity index (χ1) is 15.0. The van der Waals surface area contributed by atoms with Crippen molar-refractivity contribution >= 4 is 11.8 Å². The number of ether oxygens (including phenoxy) is 1. The van der Waals surface area contributed by atoms with E-state index in [1.54, 1.807) is 12.1 Å². The SMILES string of the molecule is CCC(C)C(=O)N[C@H]1CC[C@H]2CC[C@@H](c3cccc(Oc4ccc(F)cc4)c3)N2C1=O. The van der Waals surface area contributed by atoms with Gasteiger partial charge in [-0.15, -0.1) is 0 Å². The highest BCUT2D eigenvalue weighted by Gasteiger charge is 2.44. The van der Waals surface area contributed by atoms with Gasteiger partial charge in [0.15, 0.2) is 0 Å². The summed E-state index contributed by atoms with van der Waals surface area (Å²) in [6, 6.07) is 13.4. The summed E-state index contributed by atoms with van der Waals surface area (Å²) in [5.74, 6) is 0.769. The third kappa shape index (κ3) is 4.58. The summed E-state index contributed by atoms with van der Waals surface area (Å²) in [5, 5.41) is 2.97. The Labute approximate surface area is 182 Å². The van der Waals surface area contributed by atoms with Crippen molar-refractivity contribution in [3.8, 4) is 11.5 Å². The van der Waals surface area contributed by atoms with Crippen LogP contribution in [0.2, 0.25) is 0 Å². The number of carbonyl (C=O) groups excluding carboxylic acids is 2. The molecule has 2 saturated heterocycles. The summed E-state index contributed by atoms with van der Waals surface area (Å²) in [6.45, 7) is 3.86. The highest BCUT2D eigenvalue weighted by atomic mass is 19.1. The van der Waals surface area contributed by atoms with Gasteiger partial charge in [0.2, 0.25) is 11.8 Å². The molecule has 2 aromatic rings. The molecule has 0 aliphatic carbocycles. The Kier molecular flexibility index (Phi) is 6.25. The molecular formula is C25H29FN2O3. The molecule has 4 atom stereocenters. The van der Waals surface area contributed by atoms with Gasteiger partial charge in [-0.2, -0.15) is 0 Å². The summed E-state index contributed by atoms with van der Waals surface area (Å²) < 4.78 is 19.0. The fourth-order valence-electron chi connectivity index (χ4n) is 4.55. The maximum atomic E-state index is 13.3. The van der Waals surface area contributed by atoms with Crippen LogP contribution in [0.15, 0.2) is 48.5 Å². The lowest BCUT2D eigenvalue weighted by Crippen LogP contribution is -2.55. The number of amides is 2. The Bertz CT molecular complexity index is 946. The molecule has 0 spiro atoms. The average Bonchev–Trinajstić information content (AvgIpc) is 3.22. The zero-order valence-electron chi connectivity index (χ0n) is 18.0. The van der Waals surface area contributed by atoms with Gasteiger partial charge in [-0.05, 0) is 74.1 Å². The van der Waals surface area contributed by atoms with Crippen molar-refractivity contribution in [1.82, 2.24) is 10.2 Å². The monoisotopic (exact) mass is 424 g/mol. The normalized spacial score (nSPS) is 23.9. The lowest BCUT2D eigenvalue weighted by molar-refractivity contribution is -0.142. The average molecular weight is 425 g/mol. The van der Waals surface area contributed by atoms with E-state index in [4.69, 9.17) is 4.74 Å². The van der Waals surface area contributed by atoms with Crippen molar-refractivity contribution in [3.05, 3.63) is 59.9 Å². The van der Waals surface area contributed by atoms with Gasteiger partial charge in [0, 0.05) is 12.0 Å². The number of rotatable bonds is 6. The van der Waals surface area contributed by atoms with Crippen LogP contribution in [-0.4, -0.2) is 28.8 Å². The molecule has 1 N–H and O–H groups in total. The van der Waals surface area contributed by atoms with E-state index in [0.29, 0.717) is 17.9 Å². The minimum Gasteiger partial charge on any atom is -0.457 e. The number of benzene rings is 2. The first-order valence-electron chi connectivity index (χ1n) is 11.1. The van der Waals surface area contributed by atoms with Gasteiger partial charge in [0.1, 0.15) is 23.4 Å². The highest BCUT2D eigenvalue weighted by Crippen LogP contribution is 2.42. The molecule has 0 bridgehead atoms. The van der Waals surface area contributed by atoms with E-state index in [1.807, 2.05) is 43.0 Å². The van der Waals surface area contributed by atoms with E-state index in [0.717, 1.165) is 31.2 Å². The Morgan fingerprint density at radius 1 is 1.13 bits per heavy atom. The van der Waals surface area contributed by atoms with Crippen LogP contribution in [0.4, 0.5) is 4.39 Å². The summed E-state index contributed by atoms with van der Waals surface area (Å²) in [6.07, 6.45) is 4.21. The lowest BCUT2D eigenvalue weighted by atomic mass is 9.96. The van der Waals surface area contributed by atoms with Gasteiger partial charge in [0.05, 0.1) is 6.04 Å². The lowest BCUT2D eigenvalue weighted by Gasteiger charge is -2.38. The maximum Gasteiger partial charge on any atom is 0.245 e. The van der Waals surface area contributed by atoms with Crippen molar-refractivity contribution in [2.75, 3.05) is 0 Å². The van der Waals surface area contributed by atoms with Crippen LogP contribution < -0.4 is 10.1 Å².